The molecule has 104 valence electrons. The molecule has 2 rings (SSSR count). The Morgan fingerprint density at radius 1 is 1.47 bits per heavy atom. The van der Waals surface area contributed by atoms with Gasteiger partial charge in [-0.25, -0.2) is 4.79 Å². The van der Waals surface area contributed by atoms with Gasteiger partial charge in [-0.3, -0.25) is 9.88 Å². The average molecular weight is 263 g/mol. The number of carbonyl (C=O) groups is 1. The molecule has 0 bridgehead atoms. The summed E-state index contributed by atoms with van der Waals surface area (Å²) >= 11 is 0. The Morgan fingerprint density at radius 2 is 2.26 bits per heavy atom. The van der Waals surface area contributed by atoms with E-state index in [1.165, 1.54) is 0 Å². The molecule has 0 aromatic carbocycles. The highest BCUT2D eigenvalue weighted by Crippen LogP contribution is 2.22. The monoisotopic (exact) mass is 263 g/mol. The van der Waals surface area contributed by atoms with E-state index in [1.807, 2.05) is 39.0 Å². The fourth-order valence-electron chi connectivity index (χ4n) is 2.08. The molecule has 5 heteroatoms. The molecule has 0 saturated carbocycles. The molecule has 1 saturated heterocycles. The number of hydrogen-bond donors (Lipinski definition) is 1. The number of rotatable bonds is 1. The van der Waals surface area contributed by atoms with Crippen molar-refractivity contribution in [2.24, 2.45) is 0 Å². The Bertz CT molecular complexity index is 428. The van der Waals surface area contributed by atoms with Gasteiger partial charge in [-0.1, -0.05) is 6.07 Å². The summed E-state index contributed by atoms with van der Waals surface area (Å²) in [5.41, 5.74) is 0.414. The minimum Gasteiger partial charge on any atom is -0.444 e. The van der Waals surface area contributed by atoms with Crippen LogP contribution in [0.2, 0.25) is 0 Å². The van der Waals surface area contributed by atoms with Crippen LogP contribution in [0.15, 0.2) is 24.4 Å². The van der Waals surface area contributed by atoms with Crippen LogP contribution < -0.4 is 5.32 Å². The standard InChI is InChI=1S/C14H21N3O2/c1-14(2,3)19-13(18)17-9-8-15-10-12(17)11-6-4-5-7-16-11/h4-7,12,15H,8-10H2,1-3H3/t12-/m1/s1. The summed E-state index contributed by atoms with van der Waals surface area (Å²) in [6.45, 7) is 7.75. The van der Waals surface area contributed by atoms with Crippen LogP contribution in [0.3, 0.4) is 0 Å². The highest BCUT2D eigenvalue weighted by molar-refractivity contribution is 5.69. The van der Waals surface area contributed by atoms with Gasteiger partial charge in [-0.05, 0) is 32.9 Å². The number of piperazine rings is 1. The van der Waals surface area contributed by atoms with Crippen molar-refractivity contribution in [3.8, 4) is 0 Å². The number of carbonyl (C=O) groups excluding carboxylic acids is 1. The van der Waals surface area contributed by atoms with E-state index >= 15 is 0 Å². The van der Waals surface area contributed by atoms with Crippen LogP contribution in [0.4, 0.5) is 4.79 Å². The maximum Gasteiger partial charge on any atom is 0.410 e. The largest absolute Gasteiger partial charge is 0.444 e. The first-order chi connectivity index (χ1) is 8.97. The number of ether oxygens (including phenoxy) is 1. The topological polar surface area (TPSA) is 54.5 Å². The zero-order valence-corrected chi connectivity index (χ0v) is 11.7. The molecule has 1 aromatic heterocycles. The van der Waals surface area contributed by atoms with Crippen molar-refractivity contribution >= 4 is 6.09 Å². The second kappa shape index (κ2) is 5.57. The third kappa shape index (κ3) is 3.67. The van der Waals surface area contributed by atoms with Gasteiger partial charge in [-0.2, -0.15) is 0 Å². The Labute approximate surface area is 114 Å². The van der Waals surface area contributed by atoms with Crippen molar-refractivity contribution in [1.82, 2.24) is 15.2 Å². The van der Waals surface area contributed by atoms with E-state index < -0.39 is 5.60 Å². The molecule has 1 atom stereocenters. The molecule has 1 fully saturated rings. The molecule has 0 aliphatic carbocycles. The highest BCUT2D eigenvalue weighted by atomic mass is 16.6. The third-order valence-electron chi connectivity index (χ3n) is 2.90. The average Bonchev–Trinajstić information content (AvgIpc) is 2.38. The van der Waals surface area contributed by atoms with Gasteiger partial charge in [0, 0.05) is 25.8 Å². The van der Waals surface area contributed by atoms with Gasteiger partial charge in [0.2, 0.25) is 0 Å². The van der Waals surface area contributed by atoms with Gasteiger partial charge in [0.05, 0.1) is 11.7 Å². The first-order valence-electron chi connectivity index (χ1n) is 6.58. The SMILES string of the molecule is CC(C)(C)OC(=O)N1CCNC[C@@H]1c1ccccn1. The molecule has 1 amide bonds. The first-order valence-corrected chi connectivity index (χ1v) is 6.58. The van der Waals surface area contributed by atoms with Gasteiger partial charge in [-0.15, -0.1) is 0 Å². The van der Waals surface area contributed by atoms with Crippen LogP contribution in [0, 0.1) is 0 Å². The van der Waals surface area contributed by atoms with Crippen molar-refractivity contribution in [3.05, 3.63) is 30.1 Å². The van der Waals surface area contributed by atoms with Gasteiger partial charge >= 0.3 is 6.09 Å². The molecule has 1 aliphatic rings. The fraction of sp³-hybridized carbons (Fsp3) is 0.571. The van der Waals surface area contributed by atoms with Crippen molar-refractivity contribution < 1.29 is 9.53 Å². The summed E-state index contributed by atoms with van der Waals surface area (Å²) in [5.74, 6) is 0. The van der Waals surface area contributed by atoms with E-state index in [0.29, 0.717) is 13.1 Å². The van der Waals surface area contributed by atoms with E-state index in [9.17, 15) is 4.79 Å². The third-order valence-corrected chi connectivity index (χ3v) is 2.90. The van der Waals surface area contributed by atoms with Crippen molar-refractivity contribution in [2.45, 2.75) is 32.4 Å². The lowest BCUT2D eigenvalue weighted by atomic mass is 10.1. The van der Waals surface area contributed by atoms with E-state index in [0.717, 1.165) is 12.2 Å². The number of amides is 1. The first kappa shape index (κ1) is 13.8. The van der Waals surface area contributed by atoms with Crippen LogP contribution in [-0.2, 0) is 4.74 Å². The Balaban J connectivity index is 2.15. The maximum absolute atomic E-state index is 12.2. The van der Waals surface area contributed by atoms with E-state index in [-0.39, 0.29) is 12.1 Å². The zero-order chi connectivity index (χ0) is 13.9. The van der Waals surface area contributed by atoms with Crippen LogP contribution in [-0.4, -0.2) is 41.2 Å². The summed E-state index contributed by atoms with van der Waals surface area (Å²) in [4.78, 5) is 18.3. The highest BCUT2D eigenvalue weighted by Gasteiger charge is 2.31. The van der Waals surface area contributed by atoms with Gasteiger partial charge in [0.1, 0.15) is 5.60 Å². The molecule has 1 aromatic rings. The number of hydrogen-bond acceptors (Lipinski definition) is 4. The minimum absolute atomic E-state index is 0.0650. The molecular formula is C14H21N3O2. The van der Waals surface area contributed by atoms with Gasteiger partial charge < -0.3 is 10.1 Å². The van der Waals surface area contributed by atoms with E-state index in [4.69, 9.17) is 4.74 Å². The smallest absolute Gasteiger partial charge is 0.410 e. The molecule has 1 N–H and O–H groups in total. The second-order valence-corrected chi connectivity index (χ2v) is 5.65. The van der Waals surface area contributed by atoms with Crippen molar-refractivity contribution in [3.63, 3.8) is 0 Å². The lowest BCUT2D eigenvalue weighted by molar-refractivity contribution is 0.0113. The summed E-state index contributed by atoms with van der Waals surface area (Å²) < 4.78 is 5.46. The fourth-order valence-corrected chi connectivity index (χ4v) is 2.08. The molecule has 0 radical (unpaired) electrons. The zero-order valence-electron chi connectivity index (χ0n) is 11.7. The normalized spacial score (nSPS) is 20.2. The maximum atomic E-state index is 12.2. The summed E-state index contributed by atoms with van der Waals surface area (Å²) in [5, 5.41) is 3.29. The molecule has 19 heavy (non-hydrogen) atoms. The number of nitrogens with one attached hydrogen (secondary N) is 1. The quantitative estimate of drug-likeness (QED) is 0.841. The van der Waals surface area contributed by atoms with E-state index in [1.54, 1.807) is 11.1 Å². The number of aromatic nitrogens is 1. The molecule has 5 nitrogen and oxygen atoms in total. The molecule has 2 heterocycles. The summed E-state index contributed by atoms with van der Waals surface area (Å²) in [6.07, 6.45) is 1.47. The van der Waals surface area contributed by atoms with Gasteiger partial charge in [0.15, 0.2) is 0 Å². The van der Waals surface area contributed by atoms with Crippen LogP contribution in [0.1, 0.15) is 32.5 Å². The number of pyridine rings is 1. The summed E-state index contributed by atoms with van der Waals surface area (Å²) in [7, 11) is 0. The Morgan fingerprint density at radius 3 is 2.89 bits per heavy atom. The second-order valence-electron chi connectivity index (χ2n) is 5.65. The van der Waals surface area contributed by atoms with E-state index in [2.05, 4.69) is 10.3 Å². The lowest BCUT2D eigenvalue weighted by Crippen LogP contribution is -2.50. The van der Waals surface area contributed by atoms with Gasteiger partial charge in [0.25, 0.3) is 0 Å². The molecular weight excluding hydrogens is 242 g/mol. The number of nitrogens with zero attached hydrogens (tertiary/aromatic N) is 2. The minimum atomic E-state index is -0.476. The van der Waals surface area contributed by atoms with Crippen LogP contribution in [0.5, 0.6) is 0 Å². The van der Waals surface area contributed by atoms with Crippen LogP contribution >= 0.6 is 0 Å². The van der Waals surface area contributed by atoms with Crippen molar-refractivity contribution in [1.29, 1.82) is 0 Å². The molecule has 0 spiro atoms. The predicted molar refractivity (Wildman–Crippen MR) is 72.8 cm³/mol. The summed E-state index contributed by atoms with van der Waals surface area (Å²) in [6, 6.07) is 5.68. The predicted octanol–water partition coefficient (Wildman–Crippen LogP) is 1.96. The Hall–Kier alpha value is -1.62. The Kier molecular flexibility index (Phi) is 4.04. The van der Waals surface area contributed by atoms with Crippen molar-refractivity contribution in [2.75, 3.05) is 19.6 Å². The molecule has 0 unspecified atom stereocenters. The lowest BCUT2D eigenvalue weighted by Gasteiger charge is -2.36. The van der Waals surface area contributed by atoms with Crippen LogP contribution in [0.25, 0.3) is 0 Å². The molecule has 1 aliphatic heterocycles.